The van der Waals surface area contributed by atoms with Gasteiger partial charge in [-0.15, -0.1) is 0 Å². The maximum Gasteiger partial charge on any atom is 0.143 e. The maximum absolute atomic E-state index is 7.73. The monoisotopic (exact) mass is 1230 g/mol. The molecule has 11 heterocycles. The summed E-state index contributed by atoms with van der Waals surface area (Å²) < 4.78 is 7.73. The van der Waals surface area contributed by atoms with Crippen molar-refractivity contribution in [3.8, 4) is 66.8 Å². The normalized spacial score (nSPS) is 12.3. The summed E-state index contributed by atoms with van der Waals surface area (Å²) in [5.41, 5.74) is 43.9. The predicted octanol–water partition coefficient (Wildman–Crippen LogP) is 23.3. The fraction of sp³-hybridized carbons (Fsp3) is 0.140. The molecular formula is C86H72N8O. The van der Waals surface area contributed by atoms with Gasteiger partial charge < -0.3 is 34.3 Å². The minimum atomic E-state index is 0.773. The molecule has 0 saturated heterocycles. The van der Waals surface area contributed by atoms with Crippen LogP contribution in [-0.4, -0.2) is 39.9 Å². The van der Waals surface area contributed by atoms with E-state index in [1.54, 1.807) is 0 Å². The second-order valence-electron chi connectivity index (χ2n) is 27.0. The molecule has 6 N–H and O–H groups in total. The first-order chi connectivity index (χ1) is 46.0. The number of H-pyrrole nitrogens is 6. The average Bonchev–Trinajstić information content (AvgIpc) is 1.60. The van der Waals surface area contributed by atoms with Crippen LogP contribution < -0.4 is 0 Å². The Bertz CT molecular complexity index is 5720. The number of para-hydroxylation sites is 2. The van der Waals surface area contributed by atoms with Gasteiger partial charge in [0.05, 0.1) is 33.8 Å². The lowest BCUT2D eigenvalue weighted by atomic mass is 9.92. The van der Waals surface area contributed by atoms with Crippen molar-refractivity contribution in [2.24, 2.45) is 0 Å². The third-order valence-corrected chi connectivity index (χ3v) is 19.9. The van der Waals surface area contributed by atoms with Crippen molar-refractivity contribution in [1.29, 1.82) is 0 Å². The van der Waals surface area contributed by atoms with E-state index in [1.165, 1.54) is 77.9 Å². The Labute approximate surface area is 550 Å². The lowest BCUT2D eigenvalue weighted by molar-refractivity contribution is 0.671. The van der Waals surface area contributed by atoms with Gasteiger partial charge >= 0.3 is 0 Å². The Hall–Kier alpha value is -11.4. The van der Waals surface area contributed by atoms with E-state index in [0.29, 0.717) is 0 Å². The highest BCUT2D eigenvalue weighted by atomic mass is 16.3. The van der Waals surface area contributed by atoms with E-state index in [0.717, 1.165) is 167 Å². The average molecular weight is 1230 g/mol. The molecule has 2 aliphatic rings. The largest absolute Gasteiger partial charge is 0.455 e. The minimum Gasteiger partial charge on any atom is -0.455 e. The molecule has 95 heavy (non-hydrogen) atoms. The summed E-state index contributed by atoms with van der Waals surface area (Å²) in [5, 5.41) is 2.01. The molecule has 2 aliphatic heterocycles. The number of fused-ring (bicyclic) bond motifs is 21. The number of furan rings is 1. The van der Waals surface area contributed by atoms with Gasteiger partial charge in [-0.25, -0.2) is 9.97 Å². The first-order valence-electron chi connectivity index (χ1n) is 32.9. The van der Waals surface area contributed by atoms with Crippen molar-refractivity contribution >= 4 is 112 Å². The van der Waals surface area contributed by atoms with E-state index >= 15 is 0 Å². The molecule has 0 fully saturated rings. The Kier molecular flexibility index (Phi) is 13.1. The summed E-state index contributed by atoms with van der Waals surface area (Å²) >= 11 is 0. The van der Waals surface area contributed by atoms with Gasteiger partial charge in [-0.3, -0.25) is 0 Å². The van der Waals surface area contributed by atoms with E-state index in [-0.39, 0.29) is 0 Å². The Balaban J connectivity index is 0.986. The van der Waals surface area contributed by atoms with Crippen molar-refractivity contribution in [3.63, 3.8) is 0 Å². The third kappa shape index (κ3) is 9.26. The SMILES string of the molecule is Cc1cc(C)c(-c2c3nc(c4ccc([nH]4)c(-c4c(C)cc(C)cc4C)c4ccc([nH]4)c(-c4cccc5c4oc4c(-c6c7ccc([nH]7)c(-c7c(C)cc(C)cc7C)c7nc(c8ccc([nH]8)c(-c8c(C)cc(C)cc8C)c8ccc6[nH]8)C=C7)cccc45)c4ccc2[nH]4)C=C3)c(C)c1. The first-order valence-corrected chi connectivity index (χ1v) is 32.9. The Morgan fingerprint density at radius 1 is 0.232 bits per heavy atom. The van der Waals surface area contributed by atoms with Gasteiger partial charge in [-0.2, -0.15) is 0 Å². The van der Waals surface area contributed by atoms with Gasteiger partial charge in [-0.05, 0) is 247 Å². The molecule has 462 valence electrons. The zero-order chi connectivity index (χ0) is 65.0. The van der Waals surface area contributed by atoms with Crippen molar-refractivity contribution in [1.82, 2.24) is 39.9 Å². The zero-order valence-electron chi connectivity index (χ0n) is 55.6. The molecule has 16 bridgehead atoms. The van der Waals surface area contributed by atoms with Crippen LogP contribution in [0.2, 0.25) is 0 Å². The molecule has 0 saturated carbocycles. The number of benzene rings is 6. The van der Waals surface area contributed by atoms with E-state index in [9.17, 15) is 0 Å². The number of aryl methyl sites for hydroxylation is 12. The Morgan fingerprint density at radius 2 is 0.463 bits per heavy atom. The van der Waals surface area contributed by atoms with Gasteiger partial charge in [0, 0.05) is 110 Å². The molecule has 0 unspecified atom stereocenters. The van der Waals surface area contributed by atoms with Crippen LogP contribution in [0, 0.1) is 83.1 Å². The van der Waals surface area contributed by atoms with E-state index in [4.69, 9.17) is 14.4 Å². The molecule has 0 amide bonds. The van der Waals surface area contributed by atoms with Crippen LogP contribution in [0.25, 0.3) is 179 Å². The second-order valence-corrected chi connectivity index (χ2v) is 27.0. The second kappa shape index (κ2) is 21.6. The van der Waals surface area contributed by atoms with E-state index in [1.807, 2.05) is 0 Å². The molecule has 0 radical (unpaired) electrons. The number of aromatic amines is 6. The highest BCUT2D eigenvalue weighted by molar-refractivity contribution is 6.17. The highest BCUT2D eigenvalue weighted by Gasteiger charge is 2.25. The number of hydrogen-bond acceptors (Lipinski definition) is 3. The lowest BCUT2D eigenvalue weighted by Gasteiger charge is -2.13. The molecule has 0 atom stereocenters. The summed E-state index contributed by atoms with van der Waals surface area (Å²) in [6.45, 7) is 26.5. The number of aromatic nitrogens is 8. The fourth-order valence-corrected chi connectivity index (χ4v) is 16.4. The van der Waals surface area contributed by atoms with Crippen LogP contribution in [0.15, 0.2) is 162 Å². The smallest absolute Gasteiger partial charge is 0.143 e. The van der Waals surface area contributed by atoms with Gasteiger partial charge in [-0.1, -0.05) is 107 Å². The molecule has 9 aromatic heterocycles. The summed E-state index contributed by atoms with van der Waals surface area (Å²) in [5.74, 6) is 0. The number of rotatable bonds is 6. The van der Waals surface area contributed by atoms with Gasteiger partial charge in [0.1, 0.15) is 11.2 Å². The molecule has 6 aromatic carbocycles. The quantitative estimate of drug-likeness (QED) is 0.0990. The standard InChI is InChI=1S/C86H72N8O/c1-43-35-47(5)75(48(6)36-43)81-67-23-19-59(87-67)60-20-24-68(88-60)82(76-49(7)37-44(2)38-50(76)8)72-32-28-64(92-72)79(63-27-31-71(81)91-63)57-17-13-15-55-56-16-14-18-58(86(56)95-85(55)57)80-65-29-33-73(93-65)83(77-51(9)39-45(3)40-52(77)10)69-25-21-61(89-69)62-22-26-70(90-62)84(74-34-30-66(80)94-74)78-53(11)41-46(4)42-54(78)12/h13-42,87,89,91-94H,1-12H3. The minimum absolute atomic E-state index is 0.773. The summed E-state index contributed by atoms with van der Waals surface area (Å²) in [6.07, 6.45) is 8.64. The summed E-state index contributed by atoms with van der Waals surface area (Å²) in [4.78, 5) is 35.0. The van der Waals surface area contributed by atoms with Crippen molar-refractivity contribution in [2.45, 2.75) is 83.1 Å². The van der Waals surface area contributed by atoms with Crippen LogP contribution in [0.3, 0.4) is 0 Å². The Morgan fingerprint density at radius 3 is 0.758 bits per heavy atom. The highest BCUT2D eigenvalue weighted by Crippen LogP contribution is 2.47. The fourth-order valence-electron chi connectivity index (χ4n) is 16.4. The third-order valence-electron chi connectivity index (χ3n) is 19.9. The number of hydrogen-bond donors (Lipinski definition) is 6. The molecule has 0 spiro atoms. The van der Waals surface area contributed by atoms with Crippen LogP contribution in [0.1, 0.15) is 89.5 Å². The van der Waals surface area contributed by atoms with Gasteiger partial charge in [0.25, 0.3) is 0 Å². The van der Waals surface area contributed by atoms with Crippen LogP contribution in [-0.2, 0) is 0 Å². The van der Waals surface area contributed by atoms with Crippen LogP contribution in [0.4, 0.5) is 0 Å². The number of nitrogens with one attached hydrogen (secondary N) is 6. The van der Waals surface area contributed by atoms with Crippen molar-refractivity contribution in [3.05, 3.63) is 247 Å². The zero-order valence-corrected chi connectivity index (χ0v) is 55.6. The van der Waals surface area contributed by atoms with Crippen molar-refractivity contribution < 1.29 is 4.42 Å². The molecule has 9 heteroatoms. The van der Waals surface area contributed by atoms with Crippen molar-refractivity contribution in [2.75, 3.05) is 0 Å². The topological polar surface area (TPSA) is 134 Å². The molecular weight excluding hydrogens is 1160 g/mol. The molecule has 17 rings (SSSR count). The summed E-state index contributed by atoms with van der Waals surface area (Å²) in [7, 11) is 0. The first kappa shape index (κ1) is 57.5. The number of nitrogens with zero attached hydrogens (tertiary/aromatic N) is 2. The molecule has 15 aromatic rings. The molecule has 9 nitrogen and oxygen atoms in total. The maximum atomic E-state index is 7.73. The van der Waals surface area contributed by atoms with Gasteiger partial charge in [0.2, 0.25) is 0 Å². The van der Waals surface area contributed by atoms with Crippen LogP contribution >= 0.6 is 0 Å². The predicted molar refractivity (Wildman–Crippen MR) is 401 cm³/mol. The van der Waals surface area contributed by atoms with Crippen LogP contribution in [0.5, 0.6) is 0 Å². The lowest BCUT2D eigenvalue weighted by Crippen LogP contribution is -1.93. The van der Waals surface area contributed by atoms with Gasteiger partial charge in [0.15, 0.2) is 0 Å². The molecule has 0 aliphatic carbocycles. The van der Waals surface area contributed by atoms with E-state index < -0.39 is 0 Å². The van der Waals surface area contributed by atoms with E-state index in [2.05, 4.69) is 295 Å². The summed E-state index contributed by atoms with van der Waals surface area (Å²) in [6, 6.07) is 58.1.